The summed E-state index contributed by atoms with van der Waals surface area (Å²) in [4.78, 5) is 24.2. The number of ether oxygens (including phenoxy) is 1. The highest BCUT2D eigenvalue weighted by atomic mass is 16.6. The van der Waals surface area contributed by atoms with E-state index in [0.29, 0.717) is 6.54 Å². The van der Waals surface area contributed by atoms with Crippen molar-refractivity contribution in [1.29, 1.82) is 0 Å². The third-order valence-electron chi connectivity index (χ3n) is 2.66. The zero-order valence-electron chi connectivity index (χ0n) is 11.5. The van der Waals surface area contributed by atoms with Crippen molar-refractivity contribution in [2.24, 2.45) is 0 Å². The van der Waals surface area contributed by atoms with Gasteiger partial charge in [-0.2, -0.15) is 0 Å². The number of para-hydroxylation sites is 1. The van der Waals surface area contributed by atoms with Gasteiger partial charge < -0.3 is 9.64 Å². The van der Waals surface area contributed by atoms with Crippen LogP contribution in [0.3, 0.4) is 0 Å². The average Bonchev–Trinajstić information content (AvgIpc) is 2.44. The van der Waals surface area contributed by atoms with Crippen molar-refractivity contribution < 1.29 is 14.5 Å². The minimum absolute atomic E-state index is 0.0135. The topological polar surface area (TPSA) is 72.7 Å². The molecule has 0 bridgehead atoms. The molecule has 0 unspecified atom stereocenters. The number of benzene rings is 1. The van der Waals surface area contributed by atoms with Gasteiger partial charge in [-0.15, -0.1) is 6.42 Å². The second-order valence-electron chi connectivity index (χ2n) is 3.87. The lowest BCUT2D eigenvalue weighted by molar-refractivity contribution is -0.385. The molecule has 0 atom stereocenters. The zero-order valence-corrected chi connectivity index (χ0v) is 11.5. The first-order valence-electron chi connectivity index (χ1n) is 6.19. The molecule has 106 valence electrons. The maximum absolute atomic E-state index is 12.4. The lowest BCUT2D eigenvalue weighted by Gasteiger charge is -2.19. The highest BCUT2D eigenvalue weighted by Gasteiger charge is 2.25. The highest BCUT2D eigenvalue weighted by molar-refractivity contribution is 5.98. The van der Waals surface area contributed by atoms with E-state index >= 15 is 0 Å². The first-order chi connectivity index (χ1) is 9.56. The largest absolute Gasteiger partial charge is 0.487 e. The third kappa shape index (κ3) is 3.26. The lowest BCUT2D eigenvalue weighted by Crippen LogP contribution is -2.31. The second kappa shape index (κ2) is 7.14. The van der Waals surface area contributed by atoms with Crippen LogP contribution in [-0.4, -0.2) is 35.4 Å². The number of hydrogen-bond acceptors (Lipinski definition) is 4. The van der Waals surface area contributed by atoms with Gasteiger partial charge in [-0.3, -0.25) is 14.9 Å². The molecule has 0 heterocycles. The smallest absolute Gasteiger partial charge is 0.311 e. The van der Waals surface area contributed by atoms with Crippen LogP contribution >= 0.6 is 0 Å². The van der Waals surface area contributed by atoms with Crippen LogP contribution in [-0.2, 0) is 0 Å². The molecule has 0 aliphatic carbocycles. The van der Waals surface area contributed by atoms with Gasteiger partial charge in [0.05, 0.1) is 23.6 Å². The van der Waals surface area contributed by atoms with E-state index in [0.717, 1.165) is 0 Å². The molecule has 0 spiro atoms. The van der Waals surface area contributed by atoms with Crippen LogP contribution in [0.2, 0.25) is 0 Å². The Morgan fingerprint density at radius 3 is 2.70 bits per heavy atom. The molecule has 0 fully saturated rings. The third-order valence-corrected chi connectivity index (χ3v) is 2.66. The van der Waals surface area contributed by atoms with Crippen LogP contribution < -0.4 is 4.74 Å². The van der Waals surface area contributed by atoms with Gasteiger partial charge in [-0.05, 0) is 19.9 Å². The van der Waals surface area contributed by atoms with E-state index in [2.05, 4.69) is 5.92 Å². The lowest BCUT2D eigenvalue weighted by atomic mass is 10.1. The number of terminal acetylenes is 1. The zero-order chi connectivity index (χ0) is 15.1. The Hall–Kier alpha value is -2.55. The monoisotopic (exact) mass is 276 g/mol. The summed E-state index contributed by atoms with van der Waals surface area (Å²) in [5, 5.41) is 11.0. The van der Waals surface area contributed by atoms with E-state index in [4.69, 9.17) is 11.2 Å². The minimum Gasteiger partial charge on any atom is -0.487 e. The molecule has 0 N–H and O–H groups in total. The summed E-state index contributed by atoms with van der Waals surface area (Å²) in [7, 11) is 0. The van der Waals surface area contributed by atoms with Gasteiger partial charge in [0.15, 0.2) is 0 Å². The number of carbonyl (C=O) groups is 1. The average molecular weight is 276 g/mol. The molecule has 1 amide bonds. The maximum atomic E-state index is 12.4. The Labute approximate surface area is 117 Å². The van der Waals surface area contributed by atoms with Crippen LogP contribution in [0.25, 0.3) is 0 Å². The predicted molar refractivity (Wildman–Crippen MR) is 74.7 cm³/mol. The molecule has 6 nitrogen and oxygen atoms in total. The number of nitrogens with zero attached hydrogens (tertiary/aromatic N) is 2. The van der Waals surface area contributed by atoms with Crippen molar-refractivity contribution in [2.75, 3.05) is 19.7 Å². The highest BCUT2D eigenvalue weighted by Crippen LogP contribution is 2.31. The summed E-state index contributed by atoms with van der Waals surface area (Å²) in [6.45, 7) is 4.27. The van der Waals surface area contributed by atoms with Crippen molar-refractivity contribution in [1.82, 2.24) is 4.90 Å². The first kappa shape index (κ1) is 15.5. The standard InChI is InChI=1S/C14H16N2O4/c1-4-10-15(5-2)14(17)11-8-7-9-12(16(18)19)13(11)20-6-3/h1,7-9H,5-6,10H2,2-3H3. The predicted octanol–water partition coefficient (Wildman–Crippen LogP) is 2.09. The van der Waals surface area contributed by atoms with Crippen molar-refractivity contribution >= 4 is 11.6 Å². The normalized spacial score (nSPS) is 9.65. The Kier molecular flexibility index (Phi) is 5.54. The van der Waals surface area contributed by atoms with Gasteiger partial charge in [-0.1, -0.05) is 12.0 Å². The molecule has 0 aromatic heterocycles. The number of nitro benzene ring substituents is 1. The molecule has 0 aliphatic heterocycles. The molecule has 0 aliphatic rings. The fourth-order valence-electron chi connectivity index (χ4n) is 1.74. The molecule has 1 rings (SSSR count). The number of rotatable bonds is 6. The van der Waals surface area contributed by atoms with Gasteiger partial charge in [0.1, 0.15) is 0 Å². The molecule has 0 saturated carbocycles. The molecule has 1 aromatic rings. The van der Waals surface area contributed by atoms with Gasteiger partial charge in [0.25, 0.3) is 5.91 Å². The minimum atomic E-state index is -0.570. The molecule has 20 heavy (non-hydrogen) atoms. The second-order valence-corrected chi connectivity index (χ2v) is 3.87. The Morgan fingerprint density at radius 1 is 1.50 bits per heavy atom. The fourth-order valence-corrected chi connectivity index (χ4v) is 1.74. The van der Waals surface area contributed by atoms with Gasteiger partial charge >= 0.3 is 5.69 Å². The van der Waals surface area contributed by atoms with E-state index in [1.165, 1.54) is 23.1 Å². The molecule has 6 heteroatoms. The number of hydrogen-bond donors (Lipinski definition) is 0. The Bertz CT molecular complexity index is 549. The Balaban J connectivity index is 3.29. The molecule has 1 aromatic carbocycles. The maximum Gasteiger partial charge on any atom is 0.311 e. The van der Waals surface area contributed by atoms with Crippen LogP contribution in [0.5, 0.6) is 5.75 Å². The van der Waals surface area contributed by atoms with E-state index in [-0.39, 0.29) is 36.1 Å². The summed E-state index contributed by atoms with van der Waals surface area (Å²) >= 11 is 0. The van der Waals surface area contributed by atoms with Gasteiger partial charge in [0, 0.05) is 12.6 Å². The number of nitro groups is 1. The summed E-state index contributed by atoms with van der Waals surface area (Å²) in [6, 6.07) is 4.26. The number of carbonyl (C=O) groups excluding carboxylic acids is 1. The van der Waals surface area contributed by atoms with E-state index in [9.17, 15) is 14.9 Å². The van der Waals surface area contributed by atoms with E-state index in [1.54, 1.807) is 13.8 Å². The SMILES string of the molecule is C#CCN(CC)C(=O)c1cccc([N+](=O)[O-])c1OCC. The van der Waals surface area contributed by atoms with Crippen molar-refractivity contribution in [2.45, 2.75) is 13.8 Å². The van der Waals surface area contributed by atoms with Gasteiger partial charge in [0.2, 0.25) is 5.75 Å². The van der Waals surface area contributed by atoms with Crippen LogP contribution in [0, 0.1) is 22.5 Å². The molecular weight excluding hydrogens is 260 g/mol. The Morgan fingerprint density at radius 2 is 2.20 bits per heavy atom. The van der Waals surface area contributed by atoms with E-state index < -0.39 is 4.92 Å². The van der Waals surface area contributed by atoms with Crippen molar-refractivity contribution in [3.05, 3.63) is 33.9 Å². The van der Waals surface area contributed by atoms with E-state index in [1.807, 2.05) is 0 Å². The van der Waals surface area contributed by atoms with Crippen LogP contribution in [0.4, 0.5) is 5.69 Å². The molecule has 0 radical (unpaired) electrons. The quantitative estimate of drug-likeness (QED) is 0.453. The summed E-state index contributed by atoms with van der Waals surface area (Å²) in [5.74, 6) is 2.00. The molecule has 0 saturated heterocycles. The van der Waals surface area contributed by atoms with Crippen molar-refractivity contribution in [3.8, 4) is 18.1 Å². The van der Waals surface area contributed by atoms with Crippen LogP contribution in [0.1, 0.15) is 24.2 Å². The summed E-state index contributed by atoms with van der Waals surface area (Å²) in [5.41, 5.74) is -0.0763. The van der Waals surface area contributed by atoms with Crippen molar-refractivity contribution in [3.63, 3.8) is 0 Å². The fraction of sp³-hybridized carbons (Fsp3) is 0.357. The van der Waals surface area contributed by atoms with Gasteiger partial charge in [-0.25, -0.2) is 0 Å². The molecular formula is C14H16N2O4. The van der Waals surface area contributed by atoms with Crippen LogP contribution in [0.15, 0.2) is 18.2 Å². The summed E-state index contributed by atoms with van der Waals surface area (Å²) in [6.07, 6.45) is 5.21. The summed E-state index contributed by atoms with van der Waals surface area (Å²) < 4.78 is 5.28. The number of amides is 1. The first-order valence-corrected chi connectivity index (χ1v) is 6.19.